The number of aryl methyl sites for hydroxylation is 5. The van der Waals surface area contributed by atoms with Crippen molar-refractivity contribution in [2.24, 2.45) is 7.05 Å². The van der Waals surface area contributed by atoms with Gasteiger partial charge in [0.2, 0.25) is 0 Å². The van der Waals surface area contributed by atoms with E-state index in [4.69, 9.17) is 0 Å². The van der Waals surface area contributed by atoms with Crippen LogP contribution in [-0.2, 0) is 7.05 Å². The number of hydrogen-bond acceptors (Lipinski definition) is 4. The fraction of sp³-hybridized carbons (Fsp3) is 0.267. The lowest BCUT2D eigenvalue weighted by molar-refractivity contribution is -0.141. The van der Waals surface area contributed by atoms with E-state index in [2.05, 4.69) is 0 Å². The summed E-state index contributed by atoms with van der Waals surface area (Å²) in [5.74, 6) is -1.90. The maximum Gasteiger partial charge on any atom is 0.399 e. The van der Waals surface area contributed by atoms with Gasteiger partial charge in [-0.2, -0.15) is 13.2 Å². The van der Waals surface area contributed by atoms with E-state index in [-0.39, 0.29) is 49.5 Å². The molecule has 0 saturated carbocycles. The Morgan fingerprint density at radius 2 is 0.949 bits per heavy atom. The summed E-state index contributed by atoms with van der Waals surface area (Å²) in [6.07, 6.45) is -4.59. The lowest BCUT2D eigenvalue weighted by Crippen LogP contribution is -2.27. The summed E-state index contributed by atoms with van der Waals surface area (Å²) in [5.41, 5.74) is 0.265. The Hall–Kier alpha value is -4.27. The van der Waals surface area contributed by atoms with Crippen LogP contribution in [0.3, 0.4) is 0 Å². The van der Waals surface area contributed by atoms with Gasteiger partial charge in [0.15, 0.2) is 0 Å². The second-order valence-electron chi connectivity index (χ2n) is 10.3. The van der Waals surface area contributed by atoms with Crippen molar-refractivity contribution in [3.05, 3.63) is 117 Å². The van der Waals surface area contributed by atoms with Gasteiger partial charge in [0.1, 0.15) is 5.92 Å². The van der Waals surface area contributed by atoms with Crippen LogP contribution in [0.4, 0.5) is 13.2 Å². The standard InChI is InChI=1S/C30H25F3N2O4/c1-13-7-14(2)23(15(3)8-13)25(30(31,32)33)24-16(4)9-18(10-17(24)5)35-28(38)21-11-19-20(12-22(21)29(35)39)27(37)34(6)26(19)36/h7-12,25H,1-6H3. The summed E-state index contributed by atoms with van der Waals surface area (Å²) >= 11 is 0. The number of halogens is 3. The lowest BCUT2D eigenvalue weighted by atomic mass is 9.80. The summed E-state index contributed by atoms with van der Waals surface area (Å²) in [6, 6.07) is 8.74. The number of rotatable bonds is 3. The molecule has 2 heterocycles. The molecule has 0 bridgehead atoms. The predicted octanol–water partition coefficient (Wildman–Crippen LogP) is 4.67. The third kappa shape index (κ3) is 3.87. The second-order valence-corrected chi connectivity index (χ2v) is 10.3. The molecular weight excluding hydrogens is 509 g/mol. The highest BCUT2D eigenvalue weighted by molar-refractivity contribution is 5.98. The Kier molecular flexibility index (Phi) is 5.82. The zero-order valence-corrected chi connectivity index (χ0v) is 22.2. The molecule has 0 amide bonds. The van der Waals surface area contributed by atoms with Gasteiger partial charge in [-0.05, 0) is 92.3 Å². The number of benzene rings is 3. The fourth-order valence-electron chi connectivity index (χ4n) is 5.98. The molecule has 6 nitrogen and oxygen atoms in total. The maximum atomic E-state index is 14.6. The van der Waals surface area contributed by atoms with Crippen molar-refractivity contribution in [1.82, 2.24) is 9.13 Å². The molecule has 5 rings (SSSR count). The predicted molar refractivity (Wildman–Crippen MR) is 145 cm³/mol. The molecule has 2 aromatic heterocycles. The van der Waals surface area contributed by atoms with Gasteiger partial charge in [-0.25, -0.2) is 4.57 Å². The first-order valence-corrected chi connectivity index (χ1v) is 12.3. The van der Waals surface area contributed by atoms with Crippen molar-refractivity contribution < 1.29 is 13.2 Å². The van der Waals surface area contributed by atoms with Crippen molar-refractivity contribution in [3.63, 3.8) is 0 Å². The van der Waals surface area contributed by atoms with Gasteiger partial charge >= 0.3 is 6.18 Å². The molecule has 0 N–H and O–H groups in total. The first-order valence-electron chi connectivity index (χ1n) is 12.3. The van der Waals surface area contributed by atoms with E-state index < -0.39 is 34.3 Å². The summed E-state index contributed by atoms with van der Waals surface area (Å²) in [7, 11) is 1.31. The Bertz CT molecular complexity index is 1930. The first-order chi connectivity index (χ1) is 18.1. The topological polar surface area (TPSA) is 78.1 Å². The van der Waals surface area contributed by atoms with Crippen LogP contribution in [0.25, 0.3) is 27.2 Å². The zero-order valence-electron chi connectivity index (χ0n) is 22.2. The number of fused-ring (bicyclic) bond motifs is 2. The van der Waals surface area contributed by atoms with Gasteiger partial charge in [-0.15, -0.1) is 0 Å². The Morgan fingerprint density at radius 1 is 0.590 bits per heavy atom. The Morgan fingerprint density at radius 3 is 1.33 bits per heavy atom. The van der Waals surface area contributed by atoms with E-state index in [1.165, 1.54) is 45.2 Å². The van der Waals surface area contributed by atoms with Crippen molar-refractivity contribution in [1.29, 1.82) is 0 Å². The molecule has 0 aliphatic heterocycles. The zero-order chi connectivity index (χ0) is 28.7. The first kappa shape index (κ1) is 26.3. The van der Waals surface area contributed by atoms with E-state index >= 15 is 0 Å². The monoisotopic (exact) mass is 534 g/mol. The largest absolute Gasteiger partial charge is 0.399 e. The van der Waals surface area contributed by atoms with Crippen molar-refractivity contribution in [2.75, 3.05) is 0 Å². The van der Waals surface area contributed by atoms with Crippen LogP contribution in [0.5, 0.6) is 0 Å². The second kappa shape index (κ2) is 8.62. The van der Waals surface area contributed by atoms with E-state index in [1.54, 1.807) is 26.0 Å². The third-order valence-electron chi connectivity index (χ3n) is 7.57. The highest BCUT2D eigenvalue weighted by Crippen LogP contribution is 2.45. The average molecular weight is 535 g/mol. The van der Waals surface area contributed by atoms with Gasteiger partial charge in [-0.3, -0.25) is 23.7 Å². The normalized spacial score (nSPS) is 13.1. The van der Waals surface area contributed by atoms with E-state index in [9.17, 15) is 32.3 Å². The average Bonchev–Trinajstić information content (AvgIpc) is 3.19. The van der Waals surface area contributed by atoms with E-state index in [0.29, 0.717) is 11.1 Å². The lowest BCUT2D eigenvalue weighted by Gasteiger charge is -2.28. The molecule has 0 aliphatic carbocycles. The van der Waals surface area contributed by atoms with Crippen molar-refractivity contribution in [3.8, 4) is 5.69 Å². The Labute approximate surface area is 220 Å². The quantitative estimate of drug-likeness (QED) is 0.337. The van der Waals surface area contributed by atoms with E-state index in [0.717, 1.165) is 14.7 Å². The smallest absolute Gasteiger partial charge is 0.277 e. The van der Waals surface area contributed by atoms with Gasteiger partial charge in [0.05, 0.1) is 27.2 Å². The number of alkyl halides is 3. The summed E-state index contributed by atoms with van der Waals surface area (Å²) in [4.78, 5) is 51.5. The molecule has 9 heteroatoms. The van der Waals surface area contributed by atoms with Crippen LogP contribution >= 0.6 is 0 Å². The van der Waals surface area contributed by atoms with E-state index in [1.807, 2.05) is 6.92 Å². The molecule has 200 valence electrons. The third-order valence-corrected chi connectivity index (χ3v) is 7.57. The minimum Gasteiger partial charge on any atom is -0.277 e. The minimum absolute atomic E-state index is 0.0313. The molecule has 1 unspecified atom stereocenters. The molecular formula is C30H25F3N2O4. The van der Waals surface area contributed by atoms with Crippen LogP contribution in [0, 0.1) is 34.6 Å². The molecule has 0 aliphatic rings. The minimum atomic E-state index is -4.59. The summed E-state index contributed by atoms with van der Waals surface area (Å²) < 4.78 is 45.7. The summed E-state index contributed by atoms with van der Waals surface area (Å²) in [6.45, 7) is 8.22. The van der Waals surface area contributed by atoms with Crippen LogP contribution in [-0.4, -0.2) is 15.3 Å². The SMILES string of the molecule is Cc1cc(C)c(C(c2c(C)cc(-n3c(=O)c4cc5c(=O)n(C)c(=O)c5cc4c3=O)cc2C)C(F)(F)F)c(C)c1. The molecule has 39 heavy (non-hydrogen) atoms. The molecule has 0 radical (unpaired) electrons. The van der Waals surface area contributed by atoms with Gasteiger partial charge in [0.25, 0.3) is 22.2 Å². The number of nitrogens with zero attached hydrogens (tertiary/aromatic N) is 2. The van der Waals surface area contributed by atoms with Crippen LogP contribution in [0.15, 0.2) is 55.6 Å². The van der Waals surface area contributed by atoms with Gasteiger partial charge in [-0.1, -0.05) is 17.7 Å². The van der Waals surface area contributed by atoms with Crippen LogP contribution < -0.4 is 22.2 Å². The highest BCUT2D eigenvalue weighted by atomic mass is 19.4. The summed E-state index contributed by atoms with van der Waals surface area (Å²) in [5, 5.41) is -0.00468. The van der Waals surface area contributed by atoms with Crippen LogP contribution in [0.2, 0.25) is 0 Å². The van der Waals surface area contributed by atoms with Gasteiger partial charge in [0, 0.05) is 7.05 Å². The number of aromatic nitrogens is 2. The fourth-order valence-corrected chi connectivity index (χ4v) is 5.98. The maximum absolute atomic E-state index is 14.6. The Balaban J connectivity index is 1.76. The van der Waals surface area contributed by atoms with Crippen molar-refractivity contribution >= 4 is 21.5 Å². The molecule has 0 fully saturated rings. The molecule has 0 spiro atoms. The molecule has 5 aromatic rings. The molecule has 1 atom stereocenters. The van der Waals surface area contributed by atoms with Gasteiger partial charge < -0.3 is 0 Å². The van der Waals surface area contributed by atoms with Crippen molar-refractivity contribution in [2.45, 2.75) is 46.7 Å². The number of hydrogen-bond donors (Lipinski definition) is 0. The van der Waals surface area contributed by atoms with Crippen LogP contribution in [0.1, 0.15) is 44.9 Å². The molecule has 0 saturated heterocycles. The molecule has 3 aromatic carbocycles. The highest BCUT2D eigenvalue weighted by Gasteiger charge is 2.44.